The molecule has 14 heteroatoms. The van der Waals surface area contributed by atoms with Crippen LogP contribution in [0.3, 0.4) is 0 Å². The Kier molecular flexibility index (Phi) is 8.33. The number of methoxy groups -OCH3 is 1. The molecule has 3 aromatic rings. The van der Waals surface area contributed by atoms with Crippen molar-refractivity contribution >= 4 is 15.7 Å². The van der Waals surface area contributed by atoms with E-state index in [4.69, 9.17) is 4.74 Å². The topological polar surface area (TPSA) is 89.5 Å². The molecule has 1 aliphatic rings. The smallest absolute Gasteiger partial charge is 0.417 e. The number of aromatic nitrogens is 2. The molecule has 1 aromatic carbocycles. The summed E-state index contributed by atoms with van der Waals surface area (Å²) >= 11 is 0. The van der Waals surface area contributed by atoms with Crippen molar-refractivity contribution in [3.63, 3.8) is 0 Å². The van der Waals surface area contributed by atoms with Gasteiger partial charge in [0.05, 0.1) is 27.9 Å². The number of nitrogens with zero attached hydrogens (tertiary/aromatic N) is 3. The third kappa shape index (κ3) is 5.94. The van der Waals surface area contributed by atoms with Crippen LogP contribution < -0.4 is 4.74 Å². The Labute approximate surface area is 238 Å². The number of likely N-dealkylation sites (tertiary alicyclic amines) is 1. The Balaban J connectivity index is 1.60. The summed E-state index contributed by atoms with van der Waals surface area (Å²) in [5.74, 6) is -1.20. The van der Waals surface area contributed by atoms with Crippen LogP contribution in [0.15, 0.2) is 59.8 Å². The minimum atomic E-state index is -4.73. The highest BCUT2D eigenvalue weighted by atomic mass is 32.2. The number of benzene rings is 1. The first-order chi connectivity index (χ1) is 19.5. The Morgan fingerprint density at radius 1 is 0.905 bits per heavy atom. The van der Waals surface area contributed by atoms with Gasteiger partial charge in [0, 0.05) is 36.6 Å². The molecule has 2 aromatic heterocycles. The van der Waals surface area contributed by atoms with Crippen molar-refractivity contribution in [3.8, 4) is 17.0 Å². The molecule has 1 saturated heterocycles. The molecule has 0 unspecified atom stereocenters. The Hall–Kier alpha value is -3.68. The van der Waals surface area contributed by atoms with Crippen molar-refractivity contribution in [2.45, 2.75) is 48.7 Å². The first-order valence-corrected chi connectivity index (χ1v) is 14.2. The molecule has 0 atom stereocenters. The largest absolute Gasteiger partial charge is 0.481 e. The van der Waals surface area contributed by atoms with Crippen molar-refractivity contribution < 1.29 is 44.3 Å². The summed E-state index contributed by atoms with van der Waals surface area (Å²) in [5.41, 5.74) is -2.41. The highest BCUT2D eigenvalue weighted by molar-refractivity contribution is 7.92. The second-order valence-corrected chi connectivity index (χ2v) is 12.9. The van der Waals surface area contributed by atoms with E-state index in [1.165, 1.54) is 44.2 Å². The van der Waals surface area contributed by atoms with Gasteiger partial charge in [-0.05, 0) is 69.0 Å². The van der Waals surface area contributed by atoms with E-state index in [9.17, 15) is 39.6 Å². The third-order valence-electron chi connectivity index (χ3n) is 7.60. The Morgan fingerprint density at radius 2 is 1.55 bits per heavy atom. The Bertz CT molecular complexity index is 1580. The molecule has 0 spiro atoms. The van der Waals surface area contributed by atoms with Crippen LogP contribution in [0.1, 0.15) is 48.3 Å². The highest BCUT2D eigenvalue weighted by Gasteiger charge is 2.45. The molecular formula is C28H27F6N3O4S. The monoisotopic (exact) mass is 615 g/mol. The number of sulfone groups is 1. The van der Waals surface area contributed by atoms with Gasteiger partial charge in [-0.25, -0.2) is 18.4 Å². The van der Waals surface area contributed by atoms with Crippen LogP contribution >= 0.6 is 0 Å². The zero-order valence-corrected chi connectivity index (χ0v) is 23.6. The van der Waals surface area contributed by atoms with E-state index in [0.29, 0.717) is 12.3 Å². The van der Waals surface area contributed by atoms with E-state index in [-0.39, 0.29) is 48.6 Å². The lowest BCUT2D eigenvalue weighted by Gasteiger charge is -2.40. The molecule has 0 radical (unpaired) electrons. The van der Waals surface area contributed by atoms with Crippen LogP contribution in [-0.2, 0) is 22.2 Å². The predicted molar refractivity (Wildman–Crippen MR) is 140 cm³/mol. The summed E-state index contributed by atoms with van der Waals surface area (Å²) in [5, 5.41) is 0. The Morgan fingerprint density at radius 3 is 2.14 bits per heavy atom. The second kappa shape index (κ2) is 11.2. The van der Waals surface area contributed by atoms with Gasteiger partial charge in [0.25, 0.3) is 5.91 Å². The number of pyridine rings is 2. The first-order valence-electron chi connectivity index (χ1n) is 12.8. The summed E-state index contributed by atoms with van der Waals surface area (Å²) in [4.78, 5) is 22.3. The number of hydrogen-bond acceptors (Lipinski definition) is 6. The maximum atomic E-state index is 13.6. The second-order valence-electron chi connectivity index (χ2n) is 10.4. The van der Waals surface area contributed by atoms with Gasteiger partial charge in [-0.1, -0.05) is 6.07 Å². The van der Waals surface area contributed by atoms with Gasteiger partial charge in [0.15, 0.2) is 9.84 Å². The average molecular weight is 616 g/mol. The fourth-order valence-corrected chi connectivity index (χ4v) is 6.87. The van der Waals surface area contributed by atoms with E-state index < -0.39 is 54.8 Å². The quantitative estimate of drug-likeness (QED) is 0.303. The van der Waals surface area contributed by atoms with E-state index >= 15 is 0 Å². The number of halogens is 6. The number of ether oxygens (including phenoxy) is 1. The van der Waals surface area contributed by atoms with E-state index in [0.717, 1.165) is 24.3 Å². The van der Waals surface area contributed by atoms with E-state index in [2.05, 4.69) is 9.97 Å². The number of carbonyl (C=O) groups is 1. The number of hydrogen-bond donors (Lipinski definition) is 0. The molecule has 0 N–H and O–H groups in total. The minimum Gasteiger partial charge on any atom is -0.481 e. The molecule has 226 valence electrons. The summed E-state index contributed by atoms with van der Waals surface area (Å²) < 4.78 is 111. The van der Waals surface area contributed by atoms with Gasteiger partial charge in [-0.3, -0.25) is 4.79 Å². The van der Waals surface area contributed by atoms with Crippen molar-refractivity contribution in [3.05, 3.63) is 71.7 Å². The molecule has 7 nitrogen and oxygen atoms in total. The van der Waals surface area contributed by atoms with Gasteiger partial charge >= 0.3 is 12.4 Å². The summed E-state index contributed by atoms with van der Waals surface area (Å²) in [7, 11) is -2.94. The zero-order chi connectivity index (χ0) is 31.1. The molecule has 0 saturated carbocycles. The normalized spacial score (nSPS) is 15.5. The number of amides is 1. The molecule has 4 rings (SSSR count). The first kappa shape index (κ1) is 31.3. The van der Waals surface area contributed by atoms with Gasteiger partial charge in [-0.15, -0.1) is 0 Å². The van der Waals surface area contributed by atoms with Gasteiger partial charge < -0.3 is 9.64 Å². The highest BCUT2D eigenvalue weighted by Crippen LogP contribution is 2.41. The standard InChI is InChI=1S/C28H27F6N3O4S/c1-26(2,42(39,40)20-7-4-6-18(14-20)27(29,30)31)17-9-12-37(13-10-17)25(38)23-22(15-19(16-36-23)28(32,33)34)21-8-5-11-35-24(21)41-3/h4-8,11,14-17H,9-10,12-13H2,1-3H3. The molecule has 42 heavy (non-hydrogen) atoms. The maximum Gasteiger partial charge on any atom is 0.417 e. The van der Waals surface area contributed by atoms with Gasteiger partial charge in [0.2, 0.25) is 5.88 Å². The maximum absolute atomic E-state index is 13.6. The molecule has 1 aliphatic heterocycles. The minimum absolute atomic E-state index is 0.00655. The SMILES string of the molecule is COc1ncccc1-c1cc(C(F)(F)F)cnc1C(=O)N1CCC(C(C)(C)S(=O)(=O)c2cccc(C(F)(F)F)c2)CC1. The zero-order valence-electron chi connectivity index (χ0n) is 22.8. The fourth-order valence-electron chi connectivity index (χ4n) is 5.04. The van der Waals surface area contributed by atoms with E-state index in [1.807, 2.05) is 0 Å². The van der Waals surface area contributed by atoms with E-state index in [1.54, 1.807) is 0 Å². The lowest BCUT2D eigenvalue weighted by Crippen LogP contribution is -2.47. The molecule has 3 heterocycles. The number of alkyl halides is 6. The molecule has 0 bridgehead atoms. The van der Waals surface area contributed by atoms with Crippen LogP contribution in [0.4, 0.5) is 26.3 Å². The predicted octanol–water partition coefficient (Wildman–Crippen LogP) is 6.29. The third-order valence-corrected chi connectivity index (χ3v) is 10.2. The summed E-state index contributed by atoms with van der Waals surface area (Å²) in [6, 6.07) is 7.30. The summed E-state index contributed by atoms with van der Waals surface area (Å²) in [6.45, 7) is 2.98. The van der Waals surface area contributed by atoms with Crippen molar-refractivity contribution in [1.29, 1.82) is 0 Å². The van der Waals surface area contributed by atoms with Crippen molar-refractivity contribution in [1.82, 2.24) is 14.9 Å². The molecule has 1 amide bonds. The number of carbonyl (C=O) groups excluding carboxylic acids is 1. The lowest BCUT2D eigenvalue weighted by atomic mass is 9.85. The molecule has 0 aliphatic carbocycles. The van der Waals surface area contributed by atoms with Crippen LogP contribution in [0.2, 0.25) is 0 Å². The fraction of sp³-hybridized carbons (Fsp3) is 0.393. The summed E-state index contributed by atoms with van der Waals surface area (Å²) in [6.07, 6.45) is -7.13. The van der Waals surface area contributed by atoms with Crippen molar-refractivity contribution in [2.75, 3.05) is 20.2 Å². The van der Waals surface area contributed by atoms with Crippen LogP contribution in [0, 0.1) is 5.92 Å². The van der Waals surface area contributed by atoms with Gasteiger partial charge in [-0.2, -0.15) is 26.3 Å². The van der Waals surface area contributed by atoms with Crippen LogP contribution in [0.25, 0.3) is 11.1 Å². The van der Waals surface area contributed by atoms with Gasteiger partial charge in [0.1, 0.15) is 5.69 Å². The average Bonchev–Trinajstić information content (AvgIpc) is 2.95. The number of rotatable bonds is 6. The van der Waals surface area contributed by atoms with Crippen LogP contribution in [0.5, 0.6) is 5.88 Å². The number of piperidine rings is 1. The van der Waals surface area contributed by atoms with Crippen LogP contribution in [-0.4, -0.2) is 54.1 Å². The van der Waals surface area contributed by atoms with Crippen molar-refractivity contribution in [2.24, 2.45) is 5.92 Å². The molecule has 1 fully saturated rings. The molecular weight excluding hydrogens is 588 g/mol. The lowest BCUT2D eigenvalue weighted by molar-refractivity contribution is -0.138.